The highest BCUT2D eigenvalue weighted by Crippen LogP contribution is 2.04. The van der Waals surface area contributed by atoms with Crippen molar-refractivity contribution in [2.75, 3.05) is 13.2 Å². The monoisotopic (exact) mass is 289 g/mol. The van der Waals surface area contributed by atoms with Gasteiger partial charge in [0.2, 0.25) is 0 Å². The number of nitrogens with one attached hydrogen (secondary N) is 1. The molecule has 0 spiro atoms. The smallest absolute Gasteiger partial charge is 0.273 e. The molecule has 1 atom stereocenters. The van der Waals surface area contributed by atoms with E-state index < -0.39 is 0 Å². The third-order valence-electron chi connectivity index (χ3n) is 3.01. The van der Waals surface area contributed by atoms with Gasteiger partial charge in [0.25, 0.3) is 5.91 Å². The van der Waals surface area contributed by atoms with Gasteiger partial charge in [-0.05, 0) is 12.0 Å². The second kappa shape index (κ2) is 7.51. The van der Waals surface area contributed by atoms with Gasteiger partial charge >= 0.3 is 0 Å². The lowest BCUT2D eigenvalue weighted by Crippen LogP contribution is -2.39. The Labute approximate surface area is 122 Å². The van der Waals surface area contributed by atoms with Crippen molar-refractivity contribution in [3.05, 3.63) is 47.8 Å². The van der Waals surface area contributed by atoms with Gasteiger partial charge in [0.15, 0.2) is 5.69 Å². The Balaban J connectivity index is 1.95. The average molecular weight is 289 g/mol. The standard InChI is InChI=1S/C14H19N5O2/c15-6-7-19-9-13(17-18-19)14(21)16-12(10-20)8-11-4-2-1-3-5-11/h1-5,9,12,20H,6-8,10,15H2,(H,16,21)/t12-/m1/s1. The van der Waals surface area contributed by atoms with E-state index in [2.05, 4.69) is 15.6 Å². The molecule has 0 aliphatic rings. The average Bonchev–Trinajstić information content (AvgIpc) is 2.97. The Morgan fingerprint density at radius 1 is 1.38 bits per heavy atom. The molecule has 0 aliphatic carbocycles. The fourth-order valence-electron chi connectivity index (χ4n) is 1.96. The quantitative estimate of drug-likeness (QED) is 0.641. The number of hydrogen-bond donors (Lipinski definition) is 3. The molecule has 2 aromatic rings. The first-order chi connectivity index (χ1) is 10.2. The van der Waals surface area contributed by atoms with Crippen LogP contribution in [0.25, 0.3) is 0 Å². The molecule has 0 saturated carbocycles. The van der Waals surface area contributed by atoms with Gasteiger partial charge in [-0.1, -0.05) is 35.5 Å². The molecule has 21 heavy (non-hydrogen) atoms. The minimum absolute atomic E-state index is 0.141. The molecule has 0 aliphatic heterocycles. The number of aromatic nitrogens is 3. The second-order valence-electron chi connectivity index (χ2n) is 4.70. The summed E-state index contributed by atoms with van der Waals surface area (Å²) in [7, 11) is 0. The summed E-state index contributed by atoms with van der Waals surface area (Å²) in [4.78, 5) is 12.1. The van der Waals surface area contributed by atoms with Crippen molar-refractivity contribution in [3.8, 4) is 0 Å². The summed E-state index contributed by atoms with van der Waals surface area (Å²) in [6.45, 7) is 0.795. The molecule has 0 saturated heterocycles. The lowest BCUT2D eigenvalue weighted by molar-refractivity contribution is 0.0911. The predicted octanol–water partition coefficient (Wildman–Crippen LogP) is -0.430. The molecule has 0 radical (unpaired) electrons. The zero-order valence-electron chi connectivity index (χ0n) is 11.6. The number of rotatable bonds is 7. The maximum Gasteiger partial charge on any atom is 0.273 e. The van der Waals surface area contributed by atoms with Crippen LogP contribution in [0.1, 0.15) is 16.1 Å². The first-order valence-electron chi connectivity index (χ1n) is 6.78. The Hall–Kier alpha value is -2.25. The van der Waals surface area contributed by atoms with Crippen LogP contribution < -0.4 is 11.1 Å². The van der Waals surface area contributed by atoms with Gasteiger partial charge < -0.3 is 16.2 Å². The van der Waals surface area contributed by atoms with E-state index in [1.807, 2.05) is 30.3 Å². The topological polar surface area (TPSA) is 106 Å². The van der Waals surface area contributed by atoms with Crippen LogP contribution in [0.5, 0.6) is 0 Å². The maximum atomic E-state index is 12.1. The summed E-state index contributed by atoms with van der Waals surface area (Å²) in [6, 6.07) is 9.30. The molecule has 2 rings (SSSR count). The van der Waals surface area contributed by atoms with Crippen LogP contribution in [0.4, 0.5) is 0 Å². The van der Waals surface area contributed by atoms with E-state index in [0.717, 1.165) is 5.56 Å². The van der Waals surface area contributed by atoms with Gasteiger partial charge in [-0.2, -0.15) is 0 Å². The van der Waals surface area contributed by atoms with E-state index >= 15 is 0 Å². The maximum absolute atomic E-state index is 12.1. The minimum atomic E-state index is -0.362. The van der Waals surface area contributed by atoms with Crippen LogP contribution in [0, 0.1) is 0 Å². The van der Waals surface area contributed by atoms with E-state index in [-0.39, 0.29) is 24.2 Å². The van der Waals surface area contributed by atoms with Crippen molar-refractivity contribution in [1.29, 1.82) is 0 Å². The summed E-state index contributed by atoms with van der Waals surface area (Å²) in [5.74, 6) is -0.353. The summed E-state index contributed by atoms with van der Waals surface area (Å²) < 4.78 is 1.51. The minimum Gasteiger partial charge on any atom is -0.394 e. The third-order valence-corrected chi connectivity index (χ3v) is 3.01. The molecule has 7 nitrogen and oxygen atoms in total. The first-order valence-corrected chi connectivity index (χ1v) is 6.78. The highest BCUT2D eigenvalue weighted by atomic mass is 16.3. The summed E-state index contributed by atoms with van der Waals surface area (Å²) in [5.41, 5.74) is 6.67. The van der Waals surface area contributed by atoms with Crippen molar-refractivity contribution < 1.29 is 9.90 Å². The number of aliphatic hydroxyl groups is 1. The summed E-state index contributed by atoms with van der Waals surface area (Å²) >= 11 is 0. The van der Waals surface area contributed by atoms with Crippen LogP contribution in [-0.4, -0.2) is 45.2 Å². The number of nitrogens with zero attached hydrogens (tertiary/aromatic N) is 3. The van der Waals surface area contributed by atoms with Crippen LogP contribution in [-0.2, 0) is 13.0 Å². The molecular weight excluding hydrogens is 270 g/mol. The molecular formula is C14H19N5O2. The van der Waals surface area contributed by atoms with E-state index in [0.29, 0.717) is 19.5 Å². The van der Waals surface area contributed by atoms with Gasteiger partial charge in [-0.3, -0.25) is 9.48 Å². The lowest BCUT2D eigenvalue weighted by atomic mass is 10.1. The van der Waals surface area contributed by atoms with Crippen molar-refractivity contribution >= 4 is 5.91 Å². The summed E-state index contributed by atoms with van der Waals surface area (Å²) in [6.07, 6.45) is 2.10. The van der Waals surface area contributed by atoms with Crippen LogP contribution in [0.2, 0.25) is 0 Å². The highest BCUT2D eigenvalue weighted by molar-refractivity contribution is 5.92. The number of carbonyl (C=O) groups excluding carboxylic acids is 1. The fraction of sp³-hybridized carbons (Fsp3) is 0.357. The van der Waals surface area contributed by atoms with Gasteiger partial charge in [-0.15, -0.1) is 5.10 Å². The molecule has 0 bridgehead atoms. The number of amides is 1. The molecule has 4 N–H and O–H groups in total. The van der Waals surface area contributed by atoms with Gasteiger partial charge in [0.05, 0.1) is 25.4 Å². The highest BCUT2D eigenvalue weighted by Gasteiger charge is 2.16. The van der Waals surface area contributed by atoms with Crippen molar-refractivity contribution in [3.63, 3.8) is 0 Å². The molecule has 0 unspecified atom stereocenters. The normalized spacial score (nSPS) is 12.1. The summed E-state index contributed by atoms with van der Waals surface area (Å²) in [5, 5.41) is 19.8. The Kier molecular flexibility index (Phi) is 5.42. The zero-order chi connectivity index (χ0) is 15.1. The molecule has 1 aromatic heterocycles. The van der Waals surface area contributed by atoms with Crippen molar-refractivity contribution in [2.24, 2.45) is 5.73 Å². The molecule has 1 aromatic carbocycles. The van der Waals surface area contributed by atoms with E-state index in [9.17, 15) is 9.90 Å². The second-order valence-corrected chi connectivity index (χ2v) is 4.70. The number of hydrogen-bond acceptors (Lipinski definition) is 5. The Morgan fingerprint density at radius 3 is 2.81 bits per heavy atom. The van der Waals surface area contributed by atoms with E-state index in [1.165, 1.54) is 4.68 Å². The Bertz CT molecular complexity index is 570. The molecule has 7 heteroatoms. The molecule has 0 fully saturated rings. The van der Waals surface area contributed by atoms with E-state index in [1.54, 1.807) is 6.20 Å². The molecule has 1 heterocycles. The van der Waals surface area contributed by atoms with Crippen molar-refractivity contribution in [2.45, 2.75) is 19.0 Å². The number of carbonyl (C=O) groups is 1. The van der Waals surface area contributed by atoms with E-state index in [4.69, 9.17) is 5.73 Å². The molecule has 1 amide bonds. The lowest BCUT2D eigenvalue weighted by Gasteiger charge is -2.15. The predicted molar refractivity (Wildman–Crippen MR) is 77.6 cm³/mol. The molecule has 112 valence electrons. The third kappa shape index (κ3) is 4.37. The van der Waals surface area contributed by atoms with Crippen LogP contribution in [0.3, 0.4) is 0 Å². The van der Waals surface area contributed by atoms with Crippen LogP contribution >= 0.6 is 0 Å². The number of benzene rings is 1. The van der Waals surface area contributed by atoms with Crippen molar-refractivity contribution in [1.82, 2.24) is 20.3 Å². The number of nitrogens with two attached hydrogens (primary N) is 1. The fourth-order valence-corrected chi connectivity index (χ4v) is 1.96. The van der Waals surface area contributed by atoms with Gasteiger partial charge in [0.1, 0.15) is 0 Å². The van der Waals surface area contributed by atoms with Gasteiger partial charge in [0, 0.05) is 6.54 Å². The largest absolute Gasteiger partial charge is 0.394 e. The number of aliphatic hydroxyl groups excluding tert-OH is 1. The van der Waals surface area contributed by atoms with Crippen LogP contribution in [0.15, 0.2) is 36.5 Å². The SMILES string of the molecule is NCCn1cc(C(=O)N[C@@H](CO)Cc2ccccc2)nn1. The van der Waals surface area contributed by atoms with Gasteiger partial charge in [-0.25, -0.2) is 0 Å². The first kappa shape index (κ1) is 15.1. The Morgan fingerprint density at radius 2 is 2.14 bits per heavy atom. The zero-order valence-corrected chi connectivity index (χ0v) is 11.6.